The van der Waals surface area contributed by atoms with Gasteiger partial charge in [-0.05, 0) is 38.6 Å². The van der Waals surface area contributed by atoms with Crippen LogP contribution in [0.3, 0.4) is 0 Å². The molecule has 14 heavy (non-hydrogen) atoms. The van der Waals surface area contributed by atoms with E-state index in [0.717, 1.165) is 31.9 Å². The Hall–Kier alpha value is -0.120. The molecule has 1 unspecified atom stereocenters. The van der Waals surface area contributed by atoms with Crippen LogP contribution in [0.5, 0.6) is 0 Å². The molecule has 1 saturated carbocycles. The predicted molar refractivity (Wildman–Crippen MR) is 59.3 cm³/mol. The summed E-state index contributed by atoms with van der Waals surface area (Å²) in [4.78, 5) is 2.37. The van der Waals surface area contributed by atoms with Gasteiger partial charge in [-0.15, -0.1) is 0 Å². The molecule has 0 amide bonds. The lowest BCUT2D eigenvalue weighted by Gasteiger charge is -2.20. The normalized spacial score (nSPS) is 18.9. The van der Waals surface area contributed by atoms with Crippen LogP contribution in [0.15, 0.2) is 0 Å². The van der Waals surface area contributed by atoms with Crippen molar-refractivity contribution < 1.29 is 4.74 Å². The third-order valence-corrected chi connectivity index (χ3v) is 2.74. The zero-order valence-corrected chi connectivity index (χ0v) is 9.54. The van der Waals surface area contributed by atoms with Gasteiger partial charge in [0, 0.05) is 32.8 Å². The number of ether oxygens (including phenoxy) is 1. The highest BCUT2D eigenvalue weighted by Gasteiger charge is 2.23. The van der Waals surface area contributed by atoms with Crippen molar-refractivity contribution in [1.29, 1.82) is 0 Å². The van der Waals surface area contributed by atoms with Crippen molar-refractivity contribution in [3.63, 3.8) is 0 Å². The van der Waals surface area contributed by atoms with Crippen molar-refractivity contribution in [2.75, 3.05) is 33.9 Å². The van der Waals surface area contributed by atoms with Gasteiger partial charge in [0.2, 0.25) is 0 Å². The minimum Gasteiger partial charge on any atom is -0.385 e. The van der Waals surface area contributed by atoms with Crippen molar-refractivity contribution in [2.24, 2.45) is 11.7 Å². The second kappa shape index (κ2) is 6.38. The van der Waals surface area contributed by atoms with E-state index in [4.69, 9.17) is 10.5 Å². The summed E-state index contributed by atoms with van der Waals surface area (Å²) in [5, 5.41) is 0. The monoisotopic (exact) mass is 200 g/mol. The molecule has 0 heterocycles. The van der Waals surface area contributed by atoms with E-state index in [0.29, 0.717) is 6.04 Å². The quantitative estimate of drug-likeness (QED) is 0.596. The fourth-order valence-electron chi connectivity index (χ4n) is 1.80. The fourth-order valence-corrected chi connectivity index (χ4v) is 1.80. The number of nitrogens with zero attached hydrogens (tertiary/aromatic N) is 1. The molecule has 0 aliphatic heterocycles. The zero-order chi connectivity index (χ0) is 10.4. The highest BCUT2D eigenvalue weighted by molar-refractivity contribution is 4.77. The van der Waals surface area contributed by atoms with Gasteiger partial charge in [0.15, 0.2) is 0 Å². The third-order valence-electron chi connectivity index (χ3n) is 2.74. The number of methoxy groups -OCH3 is 1. The van der Waals surface area contributed by atoms with Crippen molar-refractivity contribution in [1.82, 2.24) is 4.90 Å². The molecule has 1 rings (SSSR count). The minimum absolute atomic E-state index is 0.314. The van der Waals surface area contributed by atoms with E-state index >= 15 is 0 Å². The molecule has 0 radical (unpaired) electrons. The van der Waals surface area contributed by atoms with E-state index in [2.05, 4.69) is 11.9 Å². The Morgan fingerprint density at radius 1 is 1.50 bits per heavy atom. The Bertz CT molecular complexity index is 148. The zero-order valence-electron chi connectivity index (χ0n) is 9.54. The third kappa shape index (κ3) is 5.58. The summed E-state index contributed by atoms with van der Waals surface area (Å²) in [5.41, 5.74) is 6.01. The molecule has 0 saturated heterocycles. The number of nitrogens with two attached hydrogens (primary N) is 1. The number of likely N-dealkylation sites (N-methyl/N-ethyl adjacent to an activating group) is 1. The summed E-state index contributed by atoms with van der Waals surface area (Å²) >= 11 is 0. The van der Waals surface area contributed by atoms with Gasteiger partial charge in [0.05, 0.1) is 0 Å². The molecule has 0 bridgehead atoms. The molecule has 2 N–H and O–H groups in total. The second-order valence-electron chi connectivity index (χ2n) is 4.56. The van der Waals surface area contributed by atoms with E-state index in [1.807, 2.05) is 0 Å². The number of hydrogen-bond acceptors (Lipinski definition) is 3. The Kier molecular flexibility index (Phi) is 5.45. The molecule has 0 aromatic carbocycles. The van der Waals surface area contributed by atoms with Crippen LogP contribution >= 0.6 is 0 Å². The summed E-state index contributed by atoms with van der Waals surface area (Å²) in [7, 11) is 3.92. The van der Waals surface area contributed by atoms with Crippen LogP contribution in [0.1, 0.15) is 25.7 Å². The second-order valence-corrected chi connectivity index (χ2v) is 4.56. The highest BCUT2D eigenvalue weighted by Crippen LogP contribution is 2.29. The lowest BCUT2D eigenvalue weighted by molar-refractivity contribution is 0.187. The van der Waals surface area contributed by atoms with Gasteiger partial charge in [-0.25, -0.2) is 0 Å². The van der Waals surface area contributed by atoms with E-state index in [9.17, 15) is 0 Å². The molecule has 1 aliphatic carbocycles. The first-order valence-corrected chi connectivity index (χ1v) is 5.65. The van der Waals surface area contributed by atoms with Gasteiger partial charge in [-0.3, -0.25) is 0 Å². The average molecular weight is 200 g/mol. The van der Waals surface area contributed by atoms with Crippen LogP contribution in [0, 0.1) is 5.92 Å². The smallest absolute Gasteiger partial charge is 0.0462 e. The Morgan fingerprint density at radius 3 is 2.79 bits per heavy atom. The van der Waals surface area contributed by atoms with Crippen LogP contribution in [-0.2, 0) is 4.74 Å². The maximum absolute atomic E-state index is 6.01. The molecule has 1 atom stereocenters. The van der Waals surface area contributed by atoms with Crippen LogP contribution < -0.4 is 5.73 Å². The number of rotatable bonds is 8. The fraction of sp³-hybridized carbons (Fsp3) is 1.00. The van der Waals surface area contributed by atoms with Crippen molar-refractivity contribution >= 4 is 0 Å². The molecule has 0 aromatic heterocycles. The summed E-state index contributed by atoms with van der Waals surface area (Å²) in [6.45, 7) is 3.10. The highest BCUT2D eigenvalue weighted by atomic mass is 16.5. The predicted octanol–water partition coefficient (Wildman–Crippen LogP) is 1.08. The first-order chi connectivity index (χ1) is 6.72. The van der Waals surface area contributed by atoms with Gasteiger partial charge in [0.1, 0.15) is 0 Å². The van der Waals surface area contributed by atoms with Crippen LogP contribution in [0.2, 0.25) is 0 Å². The van der Waals surface area contributed by atoms with Crippen molar-refractivity contribution in [2.45, 2.75) is 31.7 Å². The van der Waals surface area contributed by atoms with Crippen molar-refractivity contribution in [3.8, 4) is 0 Å². The first kappa shape index (κ1) is 12.0. The van der Waals surface area contributed by atoms with Crippen LogP contribution in [0.25, 0.3) is 0 Å². The summed E-state index contributed by atoms with van der Waals surface area (Å²) in [5.74, 6) is 0.964. The Labute approximate surface area is 87.6 Å². The van der Waals surface area contributed by atoms with E-state index in [1.54, 1.807) is 7.11 Å². The van der Waals surface area contributed by atoms with Gasteiger partial charge < -0.3 is 15.4 Å². The average Bonchev–Trinajstić information content (AvgIpc) is 2.88. The molecular formula is C11H24N2O. The summed E-state index contributed by atoms with van der Waals surface area (Å²) < 4.78 is 5.00. The Morgan fingerprint density at radius 2 is 2.21 bits per heavy atom. The molecule has 0 aromatic rings. The summed E-state index contributed by atoms with van der Waals surface area (Å²) in [6, 6.07) is 0.314. The SMILES string of the molecule is COCCCC(N)CN(C)CC1CC1. The maximum Gasteiger partial charge on any atom is 0.0462 e. The van der Waals surface area contributed by atoms with Crippen molar-refractivity contribution in [3.05, 3.63) is 0 Å². The largest absolute Gasteiger partial charge is 0.385 e. The standard InChI is InChI=1S/C11H24N2O/c1-13(8-10-5-6-10)9-11(12)4-3-7-14-2/h10-11H,3-9,12H2,1-2H3. The maximum atomic E-state index is 6.01. The van der Waals surface area contributed by atoms with E-state index in [-0.39, 0.29) is 0 Å². The molecule has 84 valence electrons. The lowest BCUT2D eigenvalue weighted by Crippen LogP contribution is -2.36. The minimum atomic E-state index is 0.314. The molecular weight excluding hydrogens is 176 g/mol. The summed E-state index contributed by atoms with van der Waals surface area (Å²) in [6.07, 6.45) is 4.99. The van der Waals surface area contributed by atoms with Gasteiger partial charge in [0.25, 0.3) is 0 Å². The molecule has 0 spiro atoms. The lowest BCUT2D eigenvalue weighted by atomic mass is 10.1. The van der Waals surface area contributed by atoms with Crippen LogP contribution in [-0.4, -0.2) is 44.8 Å². The Balaban J connectivity index is 1.96. The van der Waals surface area contributed by atoms with E-state index in [1.165, 1.54) is 19.4 Å². The van der Waals surface area contributed by atoms with E-state index < -0.39 is 0 Å². The van der Waals surface area contributed by atoms with Gasteiger partial charge in [-0.2, -0.15) is 0 Å². The first-order valence-electron chi connectivity index (χ1n) is 5.65. The number of hydrogen-bond donors (Lipinski definition) is 1. The van der Waals surface area contributed by atoms with Crippen LogP contribution in [0.4, 0.5) is 0 Å². The molecule has 3 heteroatoms. The van der Waals surface area contributed by atoms with Gasteiger partial charge in [-0.1, -0.05) is 0 Å². The van der Waals surface area contributed by atoms with Gasteiger partial charge >= 0.3 is 0 Å². The topological polar surface area (TPSA) is 38.5 Å². The molecule has 1 fully saturated rings. The molecule has 1 aliphatic rings. The molecule has 3 nitrogen and oxygen atoms in total.